The Kier molecular flexibility index (Phi) is 3.21. The summed E-state index contributed by atoms with van der Waals surface area (Å²) in [5.41, 5.74) is 7.12. The first-order chi connectivity index (χ1) is 7.09. The van der Waals surface area contributed by atoms with Gasteiger partial charge >= 0.3 is 0 Å². The SMILES string of the molecule is CN1CCC(N)C1c1cc(Cl)ccc1Cl. The summed E-state index contributed by atoms with van der Waals surface area (Å²) < 4.78 is 0. The Morgan fingerprint density at radius 1 is 1.40 bits per heavy atom. The molecule has 1 aromatic carbocycles. The average molecular weight is 245 g/mol. The zero-order valence-electron chi connectivity index (χ0n) is 8.58. The Hall–Kier alpha value is -0.280. The van der Waals surface area contributed by atoms with E-state index in [1.165, 1.54) is 0 Å². The van der Waals surface area contributed by atoms with Crippen LogP contribution in [-0.2, 0) is 0 Å². The Balaban J connectivity index is 2.39. The highest BCUT2D eigenvalue weighted by atomic mass is 35.5. The van der Waals surface area contributed by atoms with Gasteiger partial charge < -0.3 is 5.73 Å². The van der Waals surface area contributed by atoms with Crippen LogP contribution >= 0.6 is 23.2 Å². The maximum absolute atomic E-state index is 6.17. The van der Waals surface area contributed by atoms with Gasteiger partial charge in [-0.05, 0) is 37.2 Å². The lowest BCUT2D eigenvalue weighted by atomic mass is 10.0. The minimum Gasteiger partial charge on any atom is -0.326 e. The highest BCUT2D eigenvalue weighted by Gasteiger charge is 2.31. The van der Waals surface area contributed by atoms with E-state index in [9.17, 15) is 0 Å². The van der Waals surface area contributed by atoms with Crippen molar-refractivity contribution in [2.75, 3.05) is 13.6 Å². The van der Waals surface area contributed by atoms with Gasteiger partial charge in [-0.3, -0.25) is 4.90 Å². The second kappa shape index (κ2) is 4.30. The summed E-state index contributed by atoms with van der Waals surface area (Å²) in [4.78, 5) is 2.22. The summed E-state index contributed by atoms with van der Waals surface area (Å²) in [6, 6.07) is 5.88. The van der Waals surface area contributed by atoms with E-state index in [1.807, 2.05) is 12.1 Å². The van der Waals surface area contributed by atoms with Gasteiger partial charge in [-0.2, -0.15) is 0 Å². The molecule has 1 fully saturated rings. The molecule has 2 rings (SSSR count). The van der Waals surface area contributed by atoms with Gasteiger partial charge in [-0.1, -0.05) is 23.2 Å². The quantitative estimate of drug-likeness (QED) is 0.824. The summed E-state index contributed by atoms with van der Waals surface area (Å²) in [6.07, 6.45) is 1.00. The van der Waals surface area contributed by atoms with Crippen LogP contribution in [0.3, 0.4) is 0 Å². The van der Waals surface area contributed by atoms with Gasteiger partial charge in [-0.25, -0.2) is 0 Å². The van der Waals surface area contributed by atoms with Crippen LogP contribution in [0, 0.1) is 0 Å². The van der Waals surface area contributed by atoms with Crippen molar-refractivity contribution in [1.82, 2.24) is 4.90 Å². The van der Waals surface area contributed by atoms with Crippen LogP contribution in [0.2, 0.25) is 10.0 Å². The van der Waals surface area contributed by atoms with Crippen molar-refractivity contribution in [3.63, 3.8) is 0 Å². The number of likely N-dealkylation sites (N-methyl/N-ethyl adjacent to an activating group) is 1. The predicted octanol–water partition coefficient (Wildman–Crippen LogP) is 2.70. The lowest BCUT2D eigenvalue weighted by molar-refractivity contribution is 0.304. The number of benzene rings is 1. The van der Waals surface area contributed by atoms with Crippen molar-refractivity contribution in [2.45, 2.75) is 18.5 Å². The van der Waals surface area contributed by atoms with Crippen LogP contribution < -0.4 is 5.73 Å². The molecule has 0 saturated carbocycles. The smallest absolute Gasteiger partial charge is 0.0512 e. The fourth-order valence-electron chi connectivity index (χ4n) is 2.19. The molecular weight excluding hydrogens is 231 g/mol. The predicted molar refractivity (Wildman–Crippen MR) is 64.4 cm³/mol. The topological polar surface area (TPSA) is 29.3 Å². The van der Waals surface area contributed by atoms with Crippen LogP contribution in [0.5, 0.6) is 0 Å². The molecule has 1 aliphatic heterocycles. The largest absolute Gasteiger partial charge is 0.326 e. The Bertz CT molecular complexity index is 358. The van der Waals surface area contributed by atoms with Crippen molar-refractivity contribution in [3.8, 4) is 0 Å². The molecule has 82 valence electrons. The number of hydrogen-bond donors (Lipinski definition) is 1. The van der Waals surface area contributed by atoms with Crippen molar-refractivity contribution < 1.29 is 0 Å². The third-order valence-corrected chi connectivity index (χ3v) is 3.55. The number of nitrogens with two attached hydrogens (primary N) is 1. The van der Waals surface area contributed by atoms with Crippen LogP contribution in [0.15, 0.2) is 18.2 Å². The van der Waals surface area contributed by atoms with Gasteiger partial charge in [0.1, 0.15) is 0 Å². The zero-order chi connectivity index (χ0) is 11.0. The van der Waals surface area contributed by atoms with Crippen LogP contribution in [0.25, 0.3) is 0 Å². The minimum atomic E-state index is 0.144. The van der Waals surface area contributed by atoms with Crippen LogP contribution in [0.4, 0.5) is 0 Å². The normalized spacial score (nSPS) is 27.2. The lowest BCUT2D eigenvalue weighted by Crippen LogP contribution is -2.29. The van der Waals surface area contributed by atoms with E-state index in [0.717, 1.165) is 23.6 Å². The van der Waals surface area contributed by atoms with Gasteiger partial charge in [0.2, 0.25) is 0 Å². The molecule has 2 nitrogen and oxygen atoms in total. The second-order valence-corrected chi connectivity index (χ2v) is 4.89. The first-order valence-electron chi connectivity index (χ1n) is 5.00. The molecule has 1 aromatic rings. The molecule has 0 bridgehead atoms. The van der Waals surface area contributed by atoms with Crippen molar-refractivity contribution in [3.05, 3.63) is 33.8 Å². The van der Waals surface area contributed by atoms with Gasteiger partial charge in [0.05, 0.1) is 6.04 Å². The molecular formula is C11H14Cl2N2. The molecule has 2 atom stereocenters. The van der Waals surface area contributed by atoms with E-state index in [4.69, 9.17) is 28.9 Å². The zero-order valence-corrected chi connectivity index (χ0v) is 10.1. The number of likely N-dealkylation sites (tertiary alicyclic amines) is 1. The molecule has 0 aliphatic carbocycles. The lowest BCUT2D eigenvalue weighted by Gasteiger charge is -2.24. The third kappa shape index (κ3) is 2.13. The molecule has 4 heteroatoms. The Labute approximate surface area is 100.0 Å². The fraction of sp³-hybridized carbons (Fsp3) is 0.455. The highest BCUT2D eigenvalue weighted by molar-refractivity contribution is 6.33. The first-order valence-corrected chi connectivity index (χ1v) is 5.76. The number of nitrogens with zero attached hydrogens (tertiary/aromatic N) is 1. The van der Waals surface area contributed by atoms with E-state index in [2.05, 4.69) is 11.9 Å². The van der Waals surface area contributed by atoms with Gasteiger partial charge in [0.15, 0.2) is 0 Å². The van der Waals surface area contributed by atoms with Crippen molar-refractivity contribution in [1.29, 1.82) is 0 Å². The Morgan fingerprint density at radius 3 is 2.73 bits per heavy atom. The third-order valence-electron chi connectivity index (χ3n) is 2.97. The summed E-state index contributed by atoms with van der Waals surface area (Å²) in [5, 5.41) is 1.45. The van der Waals surface area contributed by atoms with E-state index < -0.39 is 0 Å². The van der Waals surface area contributed by atoms with E-state index in [0.29, 0.717) is 5.02 Å². The van der Waals surface area contributed by atoms with E-state index >= 15 is 0 Å². The van der Waals surface area contributed by atoms with Gasteiger partial charge in [0, 0.05) is 22.6 Å². The van der Waals surface area contributed by atoms with Crippen molar-refractivity contribution >= 4 is 23.2 Å². The number of rotatable bonds is 1. The number of hydrogen-bond acceptors (Lipinski definition) is 2. The molecule has 0 amide bonds. The molecule has 0 spiro atoms. The standard InChI is InChI=1S/C11H14Cl2N2/c1-15-5-4-10(14)11(15)8-6-7(12)2-3-9(8)13/h2-3,6,10-11H,4-5,14H2,1H3. The van der Waals surface area contributed by atoms with Gasteiger partial charge in [0.25, 0.3) is 0 Å². The minimum absolute atomic E-state index is 0.144. The molecule has 0 aromatic heterocycles. The highest BCUT2D eigenvalue weighted by Crippen LogP contribution is 2.35. The second-order valence-electron chi connectivity index (χ2n) is 4.04. The molecule has 0 radical (unpaired) electrons. The molecule has 1 heterocycles. The maximum Gasteiger partial charge on any atom is 0.0512 e. The van der Waals surface area contributed by atoms with Crippen molar-refractivity contribution in [2.24, 2.45) is 5.73 Å². The van der Waals surface area contributed by atoms with Crippen LogP contribution in [-0.4, -0.2) is 24.5 Å². The van der Waals surface area contributed by atoms with E-state index in [1.54, 1.807) is 6.07 Å². The molecule has 1 aliphatic rings. The van der Waals surface area contributed by atoms with E-state index in [-0.39, 0.29) is 12.1 Å². The fourth-order valence-corrected chi connectivity index (χ4v) is 2.60. The molecule has 2 unspecified atom stereocenters. The molecule has 2 N–H and O–H groups in total. The summed E-state index contributed by atoms with van der Waals surface area (Å²) >= 11 is 12.1. The van der Waals surface area contributed by atoms with Crippen LogP contribution in [0.1, 0.15) is 18.0 Å². The molecule has 15 heavy (non-hydrogen) atoms. The summed E-state index contributed by atoms with van der Waals surface area (Å²) in [5.74, 6) is 0. The Morgan fingerprint density at radius 2 is 2.13 bits per heavy atom. The van der Waals surface area contributed by atoms with Gasteiger partial charge in [-0.15, -0.1) is 0 Å². The number of halogens is 2. The first kappa shape index (κ1) is 11.2. The monoisotopic (exact) mass is 244 g/mol. The maximum atomic E-state index is 6.17. The summed E-state index contributed by atoms with van der Waals surface area (Å²) in [7, 11) is 2.06. The molecule has 1 saturated heterocycles. The average Bonchev–Trinajstić information content (AvgIpc) is 2.51. The summed E-state index contributed by atoms with van der Waals surface area (Å²) in [6.45, 7) is 1.01.